The molecule has 4 nitrogen and oxygen atoms in total. The van der Waals surface area contributed by atoms with Crippen LogP contribution in [0.2, 0.25) is 0 Å². The number of hydrogen-bond donors (Lipinski definition) is 0. The van der Waals surface area contributed by atoms with Crippen LogP contribution in [0.5, 0.6) is 0 Å². The number of esters is 1. The van der Waals surface area contributed by atoms with Gasteiger partial charge in [-0.1, -0.05) is 0 Å². The number of halogens is 1. The highest BCUT2D eigenvalue weighted by Crippen LogP contribution is 2.14. The van der Waals surface area contributed by atoms with Gasteiger partial charge >= 0.3 is 5.97 Å². The predicted octanol–water partition coefficient (Wildman–Crippen LogP) is 1.30. The van der Waals surface area contributed by atoms with E-state index in [-0.39, 0.29) is 5.97 Å². The lowest BCUT2D eigenvalue weighted by molar-refractivity contribution is -0.140. The Morgan fingerprint density at radius 2 is 2.15 bits per heavy atom. The number of methoxy groups -OCH3 is 2. The van der Waals surface area contributed by atoms with Gasteiger partial charge in [0, 0.05) is 31.4 Å². The van der Waals surface area contributed by atoms with Crippen molar-refractivity contribution in [2.45, 2.75) is 6.42 Å². The second-order valence-electron chi connectivity index (χ2n) is 2.32. The summed E-state index contributed by atoms with van der Waals surface area (Å²) in [5, 5.41) is 0. The maximum Gasteiger partial charge on any atom is 0.306 e. The first-order valence-corrected chi connectivity index (χ1v) is 5.44. The molecule has 0 N–H and O–H groups in total. The molecule has 0 aliphatic rings. The third-order valence-corrected chi connectivity index (χ3v) is 2.58. The van der Waals surface area contributed by atoms with E-state index < -0.39 is 0 Å². The van der Waals surface area contributed by atoms with Gasteiger partial charge in [-0.2, -0.15) is 0 Å². The van der Waals surface area contributed by atoms with Gasteiger partial charge in [-0.25, -0.2) is 4.31 Å². The first-order chi connectivity index (χ1) is 6.24. The van der Waals surface area contributed by atoms with Gasteiger partial charge in [-0.05, 0) is 10.7 Å². The molecule has 0 heterocycles. The highest BCUT2D eigenvalue weighted by Gasteiger charge is 2.07. The highest BCUT2D eigenvalue weighted by atomic mass is 35.7. The van der Waals surface area contributed by atoms with Crippen molar-refractivity contribution >= 4 is 27.8 Å². The van der Waals surface area contributed by atoms with Gasteiger partial charge in [0.2, 0.25) is 0 Å². The average Bonchev–Trinajstić information content (AvgIpc) is 2.17. The van der Waals surface area contributed by atoms with Crippen LogP contribution in [0.1, 0.15) is 6.42 Å². The smallest absolute Gasteiger partial charge is 0.306 e. The number of ether oxygens (including phenoxy) is 2. The van der Waals surface area contributed by atoms with Gasteiger partial charge in [-0.3, -0.25) is 4.79 Å². The molecule has 0 saturated heterocycles. The summed E-state index contributed by atoms with van der Waals surface area (Å²) in [6.45, 7) is 1.87. The summed E-state index contributed by atoms with van der Waals surface area (Å²) >= 11 is 1.08. The molecule has 0 bridgehead atoms. The van der Waals surface area contributed by atoms with E-state index >= 15 is 0 Å². The van der Waals surface area contributed by atoms with Crippen LogP contribution in [0.4, 0.5) is 0 Å². The molecule has 0 aliphatic heterocycles. The Hall–Kier alpha value is 0.0300. The van der Waals surface area contributed by atoms with Crippen molar-refractivity contribution in [2.75, 3.05) is 33.9 Å². The van der Waals surface area contributed by atoms with Crippen molar-refractivity contribution in [2.24, 2.45) is 0 Å². The lowest BCUT2D eigenvalue weighted by atomic mass is 10.4. The number of hydrogen-bond acceptors (Lipinski definition) is 5. The number of nitrogens with zero attached hydrogens (tertiary/aromatic N) is 1. The Labute approximate surface area is 87.1 Å². The summed E-state index contributed by atoms with van der Waals surface area (Å²) in [5.74, 6) is -0.229. The molecule has 0 aromatic carbocycles. The molecule has 0 fully saturated rings. The molecule has 0 saturated carbocycles. The van der Waals surface area contributed by atoms with E-state index in [1.165, 1.54) is 7.11 Å². The normalized spacial score (nSPS) is 10.5. The maximum atomic E-state index is 10.8. The summed E-state index contributed by atoms with van der Waals surface area (Å²) in [6.07, 6.45) is 0.347. The molecular weight excluding hydrogens is 214 g/mol. The Morgan fingerprint density at radius 3 is 2.62 bits per heavy atom. The van der Waals surface area contributed by atoms with Crippen LogP contribution in [-0.2, 0) is 14.3 Å². The molecule has 6 heteroatoms. The molecule has 13 heavy (non-hydrogen) atoms. The van der Waals surface area contributed by atoms with Gasteiger partial charge in [0.1, 0.15) is 0 Å². The molecule has 0 aromatic rings. The molecule has 0 rings (SSSR count). The molecule has 78 valence electrons. The Bertz CT molecular complexity index is 148. The van der Waals surface area contributed by atoms with Crippen molar-refractivity contribution in [1.82, 2.24) is 4.31 Å². The number of carbonyl (C=O) groups excluding carboxylic acids is 1. The Morgan fingerprint density at radius 1 is 1.46 bits per heavy atom. The standard InChI is InChI=1S/C7H14ClNO3S/c1-11-6-5-9(13-8)4-3-7(10)12-2/h3-6H2,1-2H3. The zero-order valence-electron chi connectivity index (χ0n) is 7.79. The number of carbonyl (C=O) groups is 1. The summed E-state index contributed by atoms with van der Waals surface area (Å²) in [6, 6.07) is 0. The van der Waals surface area contributed by atoms with Crippen molar-refractivity contribution in [3.8, 4) is 0 Å². The fraction of sp³-hybridized carbons (Fsp3) is 0.857. The molecule has 0 atom stereocenters. The van der Waals surface area contributed by atoms with Crippen LogP contribution in [0.3, 0.4) is 0 Å². The van der Waals surface area contributed by atoms with Crippen LogP contribution < -0.4 is 0 Å². The third kappa shape index (κ3) is 7.13. The molecule has 0 unspecified atom stereocenters. The molecule has 0 aromatic heterocycles. The zero-order chi connectivity index (χ0) is 10.1. The largest absolute Gasteiger partial charge is 0.469 e. The van der Waals surface area contributed by atoms with Crippen LogP contribution in [-0.4, -0.2) is 44.2 Å². The van der Waals surface area contributed by atoms with Gasteiger partial charge in [-0.15, -0.1) is 0 Å². The minimum atomic E-state index is -0.229. The first kappa shape index (κ1) is 13.0. The van der Waals surface area contributed by atoms with E-state index in [2.05, 4.69) is 4.74 Å². The van der Waals surface area contributed by atoms with E-state index in [1.807, 2.05) is 4.31 Å². The van der Waals surface area contributed by atoms with E-state index in [0.717, 1.165) is 11.2 Å². The molecule has 0 amide bonds. The Balaban J connectivity index is 3.52. The lowest BCUT2D eigenvalue weighted by Crippen LogP contribution is -2.22. The quantitative estimate of drug-likeness (QED) is 0.484. The summed E-state index contributed by atoms with van der Waals surface area (Å²) < 4.78 is 11.2. The number of rotatable bonds is 7. The topological polar surface area (TPSA) is 38.8 Å². The van der Waals surface area contributed by atoms with Gasteiger partial charge in [0.25, 0.3) is 0 Å². The fourth-order valence-electron chi connectivity index (χ4n) is 0.692. The second-order valence-corrected chi connectivity index (χ2v) is 3.39. The van der Waals surface area contributed by atoms with Crippen molar-refractivity contribution in [3.05, 3.63) is 0 Å². The molecular formula is C7H14ClNO3S. The van der Waals surface area contributed by atoms with Crippen LogP contribution in [0.15, 0.2) is 0 Å². The molecule has 0 aliphatic carbocycles. The fourth-order valence-corrected chi connectivity index (χ4v) is 1.41. The molecule has 0 spiro atoms. The maximum absolute atomic E-state index is 10.8. The van der Waals surface area contributed by atoms with Crippen LogP contribution in [0, 0.1) is 0 Å². The minimum Gasteiger partial charge on any atom is -0.469 e. The van der Waals surface area contributed by atoms with Crippen molar-refractivity contribution < 1.29 is 14.3 Å². The van der Waals surface area contributed by atoms with Gasteiger partial charge < -0.3 is 9.47 Å². The van der Waals surface area contributed by atoms with Gasteiger partial charge in [0.05, 0.1) is 20.1 Å². The van der Waals surface area contributed by atoms with Crippen LogP contribution >= 0.6 is 21.8 Å². The highest BCUT2D eigenvalue weighted by molar-refractivity contribution is 8.19. The predicted molar refractivity (Wildman–Crippen MR) is 53.5 cm³/mol. The lowest BCUT2D eigenvalue weighted by Gasteiger charge is -2.15. The summed E-state index contributed by atoms with van der Waals surface area (Å²) in [4.78, 5) is 10.8. The summed E-state index contributed by atoms with van der Waals surface area (Å²) in [5.41, 5.74) is 0. The molecule has 0 radical (unpaired) electrons. The second kappa shape index (κ2) is 8.62. The van der Waals surface area contributed by atoms with E-state index in [0.29, 0.717) is 26.1 Å². The average molecular weight is 228 g/mol. The first-order valence-electron chi connectivity index (χ1n) is 3.84. The van der Waals surface area contributed by atoms with E-state index in [4.69, 9.17) is 15.4 Å². The monoisotopic (exact) mass is 227 g/mol. The Kier molecular flexibility index (Phi) is 8.64. The van der Waals surface area contributed by atoms with Crippen molar-refractivity contribution in [3.63, 3.8) is 0 Å². The van der Waals surface area contributed by atoms with Gasteiger partial charge in [0.15, 0.2) is 0 Å². The van der Waals surface area contributed by atoms with Crippen LogP contribution in [0.25, 0.3) is 0 Å². The van der Waals surface area contributed by atoms with Crippen molar-refractivity contribution in [1.29, 1.82) is 0 Å². The minimum absolute atomic E-state index is 0.229. The summed E-state index contributed by atoms with van der Waals surface area (Å²) in [7, 11) is 8.56. The van der Waals surface area contributed by atoms with E-state index in [9.17, 15) is 4.79 Å². The van der Waals surface area contributed by atoms with E-state index in [1.54, 1.807) is 7.11 Å². The third-order valence-electron chi connectivity index (χ3n) is 1.44. The SMILES string of the molecule is COCCN(CCC(=O)OC)SCl. The zero-order valence-corrected chi connectivity index (χ0v) is 9.36.